The highest BCUT2D eigenvalue weighted by molar-refractivity contribution is 5.94. The number of nitrogens with one attached hydrogen (secondary N) is 2. The van der Waals surface area contributed by atoms with Crippen LogP contribution in [0.1, 0.15) is 17.3 Å². The maximum Gasteiger partial charge on any atom is 0.253 e. The predicted octanol–water partition coefficient (Wildman–Crippen LogP) is 0.888. The summed E-state index contributed by atoms with van der Waals surface area (Å²) in [6.07, 6.45) is 1.54. The molecule has 0 aliphatic heterocycles. The number of hydrogen-bond acceptors (Lipinski definition) is 4. The molecular formula is C11H17N3O2. The quantitative estimate of drug-likeness (QED) is 0.778. The zero-order chi connectivity index (χ0) is 12.0. The molecule has 0 fully saturated rings. The van der Waals surface area contributed by atoms with Gasteiger partial charge < -0.3 is 15.4 Å². The summed E-state index contributed by atoms with van der Waals surface area (Å²) in [5.74, 6) is 0.598. The second-order valence-corrected chi connectivity index (χ2v) is 3.51. The van der Waals surface area contributed by atoms with Crippen molar-refractivity contribution >= 4 is 11.7 Å². The van der Waals surface area contributed by atoms with Crippen LogP contribution in [-0.4, -0.2) is 37.7 Å². The molecule has 1 heterocycles. The standard InChI is InChI=1S/C11H17N3O2/c1-8(7-16-3)14-11(15)9-4-5-10(12-2)13-6-9/h4-6,8H,7H2,1-3H3,(H,12,13)(H,14,15). The van der Waals surface area contributed by atoms with Crippen LogP contribution >= 0.6 is 0 Å². The van der Waals surface area contributed by atoms with E-state index >= 15 is 0 Å². The number of rotatable bonds is 5. The van der Waals surface area contributed by atoms with E-state index in [-0.39, 0.29) is 11.9 Å². The summed E-state index contributed by atoms with van der Waals surface area (Å²) < 4.78 is 4.94. The van der Waals surface area contributed by atoms with Gasteiger partial charge in [-0.1, -0.05) is 0 Å². The first kappa shape index (κ1) is 12.4. The Morgan fingerprint density at radius 1 is 1.56 bits per heavy atom. The van der Waals surface area contributed by atoms with Gasteiger partial charge in [0.15, 0.2) is 0 Å². The first-order valence-corrected chi connectivity index (χ1v) is 5.11. The van der Waals surface area contributed by atoms with Crippen LogP contribution < -0.4 is 10.6 Å². The van der Waals surface area contributed by atoms with Gasteiger partial charge in [-0.2, -0.15) is 0 Å². The monoisotopic (exact) mass is 223 g/mol. The number of amides is 1. The van der Waals surface area contributed by atoms with Gasteiger partial charge in [-0.3, -0.25) is 4.79 Å². The van der Waals surface area contributed by atoms with Gasteiger partial charge in [0.05, 0.1) is 12.2 Å². The van der Waals surface area contributed by atoms with E-state index < -0.39 is 0 Å². The van der Waals surface area contributed by atoms with E-state index in [4.69, 9.17) is 4.74 Å². The molecule has 1 amide bonds. The average Bonchev–Trinajstić information content (AvgIpc) is 2.29. The molecule has 5 heteroatoms. The molecule has 0 saturated carbocycles. The number of pyridine rings is 1. The van der Waals surface area contributed by atoms with Gasteiger partial charge in [0, 0.05) is 26.4 Å². The van der Waals surface area contributed by atoms with Crippen molar-refractivity contribution < 1.29 is 9.53 Å². The highest BCUT2D eigenvalue weighted by atomic mass is 16.5. The molecule has 5 nitrogen and oxygen atoms in total. The van der Waals surface area contributed by atoms with E-state index in [1.807, 2.05) is 6.92 Å². The Morgan fingerprint density at radius 3 is 2.81 bits per heavy atom. The van der Waals surface area contributed by atoms with Crippen molar-refractivity contribution in [2.24, 2.45) is 0 Å². The maximum absolute atomic E-state index is 11.7. The summed E-state index contributed by atoms with van der Waals surface area (Å²) in [6.45, 7) is 2.38. The number of hydrogen-bond donors (Lipinski definition) is 2. The van der Waals surface area contributed by atoms with Crippen molar-refractivity contribution in [2.75, 3.05) is 26.1 Å². The SMILES string of the molecule is CNc1ccc(C(=O)NC(C)COC)cn1. The minimum Gasteiger partial charge on any atom is -0.383 e. The van der Waals surface area contributed by atoms with Gasteiger partial charge in [-0.25, -0.2) is 4.98 Å². The number of ether oxygens (including phenoxy) is 1. The Bertz CT molecular complexity index is 338. The lowest BCUT2D eigenvalue weighted by Crippen LogP contribution is -2.35. The van der Waals surface area contributed by atoms with Crippen LogP contribution in [0.4, 0.5) is 5.82 Å². The van der Waals surface area contributed by atoms with Crippen molar-refractivity contribution in [3.8, 4) is 0 Å². The third-order valence-corrected chi connectivity index (χ3v) is 2.08. The van der Waals surface area contributed by atoms with Crippen LogP contribution in [0, 0.1) is 0 Å². The van der Waals surface area contributed by atoms with E-state index in [2.05, 4.69) is 15.6 Å². The Morgan fingerprint density at radius 2 is 2.31 bits per heavy atom. The molecule has 0 aromatic carbocycles. The molecule has 1 aromatic rings. The molecule has 16 heavy (non-hydrogen) atoms. The van der Waals surface area contributed by atoms with Crippen LogP contribution in [0.2, 0.25) is 0 Å². The van der Waals surface area contributed by atoms with E-state index in [0.29, 0.717) is 12.2 Å². The molecule has 1 aromatic heterocycles. The molecule has 1 atom stereocenters. The van der Waals surface area contributed by atoms with Crippen molar-refractivity contribution in [3.05, 3.63) is 23.9 Å². The highest BCUT2D eigenvalue weighted by Crippen LogP contribution is 2.04. The fraction of sp³-hybridized carbons (Fsp3) is 0.455. The number of methoxy groups -OCH3 is 1. The van der Waals surface area contributed by atoms with E-state index in [1.165, 1.54) is 0 Å². The summed E-state index contributed by atoms with van der Waals surface area (Å²) in [5.41, 5.74) is 0.543. The summed E-state index contributed by atoms with van der Waals surface area (Å²) in [7, 11) is 3.38. The summed E-state index contributed by atoms with van der Waals surface area (Å²) in [6, 6.07) is 3.48. The largest absolute Gasteiger partial charge is 0.383 e. The molecule has 0 aliphatic carbocycles. The summed E-state index contributed by atoms with van der Waals surface area (Å²) in [4.78, 5) is 15.8. The van der Waals surface area contributed by atoms with Crippen LogP contribution in [-0.2, 0) is 4.74 Å². The van der Waals surface area contributed by atoms with Crippen LogP contribution in [0.25, 0.3) is 0 Å². The van der Waals surface area contributed by atoms with Gasteiger partial charge in [0.1, 0.15) is 5.82 Å². The van der Waals surface area contributed by atoms with Crippen molar-refractivity contribution in [1.82, 2.24) is 10.3 Å². The lowest BCUT2D eigenvalue weighted by Gasteiger charge is -2.12. The molecule has 0 bridgehead atoms. The van der Waals surface area contributed by atoms with Gasteiger partial charge in [0.25, 0.3) is 5.91 Å². The minimum absolute atomic E-state index is 0.0125. The van der Waals surface area contributed by atoms with Crippen molar-refractivity contribution in [1.29, 1.82) is 0 Å². The Kier molecular flexibility index (Phi) is 4.72. The number of carbonyl (C=O) groups excluding carboxylic acids is 1. The normalized spacial score (nSPS) is 11.9. The van der Waals surface area contributed by atoms with Crippen molar-refractivity contribution in [3.63, 3.8) is 0 Å². The van der Waals surface area contributed by atoms with Gasteiger partial charge in [-0.15, -0.1) is 0 Å². The Balaban J connectivity index is 2.59. The first-order valence-electron chi connectivity index (χ1n) is 5.11. The predicted molar refractivity (Wildman–Crippen MR) is 62.6 cm³/mol. The second kappa shape index (κ2) is 6.07. The molecule has 1 unspecified atom stereocenters. The van der Waals surface area contributed by atoms with Crippen LogP contribution in [0.5, 0.6) is 0 Å². The Hall–Kier alpha value is -1.62. The van der Waals surface area contributed by atoms with Crippen molar-refractivity contribution in [2.45, 2.75) is 13.0 Å². The maximum atomic E-state index is 11.7. The lowest BCUT2D eigenvalue weighted by molar-refractivity contribution is 0.0905. The highest BCUT2D eigenvalue weighted by Gasteiger charge is 2.09. The topological polar surface area (TPSA) is 63.2 Å². The fourth-order valence-corrected chi connectivity index (χ4v) is 1.27. The fourth-order valence-electron chi connectivity index (χ4n) is 1.27. The van der Waals surface area contributed by atoms with Gasteiger partial charge in [-0.05, 0) is 19.1 Å². The van der Waals surface area contributed by atoms with Gasteiger partial charge in [0.2, 0.25) is 0 Å². The Labute approximate surface area is 95.2 Å². The molecule has 0 saturated heterocycles. The smallest absolute Gasteiger partial charge is 0.253 e. The van der Waals surface area contributed by atoms with Crippen LogP contribution in [0.15, 0.2) is 18.3 Å². The summed E-state index contributed by atoms with van der Waals surface area (Å²) in [5, 5.41) is 5.70. The summed E-state index contributed by atoms with van der Waals surface area (Å²) >= 11 is 0. The number of anilines is 1. The van der Waals surface area contributed by atoms with Crippen LogP contribution in [0.3, 0.4) is 0 Å². The molecule has 0 spiro atoms. The minimum atomic E-state index is -0.139. The molecule has 88 valence electrons. The molecular weight excluding hydrogens is 206 g/mol. The zero-order valence-electron chi connectivity index (χ0n) is 9.78. The zero-order valence-corrected chi connectivity index (χ0v) is 9.78. The lowest BCUT2D eigenvalue weighted by atomic mass is 10.2. The average molecular weight is 223 g/mol. The third kappa shape index (κ3) is 3.51. The molecule has 2 N–H and O–H groups in total. The van der Waals surface area contributed by atoms with Gasteiger partial charge >= 0.3 is 0 Å². The number of nitrogens with zero attached hydrogens (tertiary/aromatic N) is 1. The number of carbonyl (C=O) groups is 1. The number of aromatic nitrogens is 1. The second-order valence-electron chi connectivity index (χ2n) is 3.51. The van der Waals surface area contributed by atoms with E-state index in [0.717, 1.165) is 5.82 Å². The third-order valence-electron chi connectivity index (χ3n) is 2.08. The molecule has 1 rings (SSSR count). The first-order chi connectivity index (χ1) is 7.67. The van der Waals surface area contributed by atoms with E-state index in [9.17, 15) is 4.79 Å². The molecule has 0 radical (unpaired) electrons. The van der Waals surface area contributed by atoms with E-state index in [1.54, 1.807) is 32.5 Å². The molecule has 0 aliphatic rings.